The molecular formula is C13H14FN5O6S. The van der Waals surface area contributed by atoms with Crippen molar-refractivity contribution in [1.29, 1.82) is 0 Å². The minimum absolute atomic E-state index is 0.00769. The molecule has 2 aromatic rings. The number of primary amides is 1. The zero-order valence-electron chi connectivity index (χ0n) is 13.5. The molecule has 0 saturated heterocycles. The highest BCUT2D eigenvalue weighted by molar-refractivity contribution is 7.93. The van der Waals surface area contributed by atoms with Gasteiger partial charge in [-0.05, 0) is 12.1 Å². The number of nitrogens with two attached hydrogens (primary N) is 1. The van der Waals surface area contributed by atoms with Gasteiger partial charge < -0.3 is 20.3 Å². The van der Waals surface area contributed by atoms with Crippen molar-refractivity contribution in [3.8, 4) is 11.8 Å². The van der Waals surface area contributed by atoms with Crippen molar-refractivity contribution in [2.45, 2.75) is 11.4 Å². The van der Waals surface area contributed by atoms with Crippen molar-refractivity contribution in [1.82, 2.24) is 15.0 Å². The maximum atomic E-state index is 13.4. The number of rotatable bonds is 6. The molecule has 2 heterocycles. The quantitative estimate of drug-likeness (QED) is 0.702. The lowest BCUT2D eigenvalue weighted by Gasteiger charge is -2.20. The average molecular weight is 387 g/mol. The van der Waals surface area contributed by atoms with E-state index in [2.05, 4.69) is 15.0 Å². The number of hydrogen-bond acceptors (Lipinski definition) is 9. The number of ether oxygens (including phenoxy) is 2. The Bertz CT molecular complexity index is 901. The van der Waals surface area contributed by atoms with Gasteiger partial charge in [-0.25, -0.2) is 14.2 Å². The average Bonchev–Trinajstić information content (AvgIpc) is 2.60. The number of sulfonamides is 1. The van der Waals surface area contributed by atoms with Crippen LogP contribution in [0.15, 0.2) is 29.4 Å². The maximum Gasteiger partial charge on any atom is 0.336 e. The molecule has 0 saturated carbocycles. The molecule has 140 valence electrons. The van der Waals surface area contributed by atoms with E-state index >= 15 is 0 Å². The monoisotopic (exact) mass is 387 g/mol. The first-order valence-corrected chi connectivity index (χ1v) is 8.25. The van der Waals surface area contributed by atoms with Gasteiger partial charge in [0.15, 0.2) is 5.03 Å². The molecule has 0 aliphatic heterocycles. The molecule has 26 heavy (non-hydrogen) atoms. The number of aliphatic hydroxyl groups is 1. The number of aromatic nitrogens is 3. The lowest BCUT2D eigenvalue weighted by Crippen LogP contribution is -2.42. The van der Waals surface area contributed by atoms with E-state index in [1.54, 1.807) is 0 Å². The fraction of sp³-hybridized carbons (Fsp3) is 0.231. The molecule has 0 spiro atoms. The van der Waals surface area contributed by atoms with Gasteiger partial charge in [-0.2, -0.15) is 18.4 Å². The number of urea groups is 1. The molecule has 1 unspecified atom stereocenters. The summed E-state index contributed by atoms with van der Waals surface area (Å²) < 4.78 is 48.8. The van der Waals surface area contributed by atoms with E-state index < -0.39 is 38.9 Å². The molecule has 2 amide bonds. The molecule has 0 aliphatic carbocycles. The minimum atomic E-state index is -4.87. The first kappa shape index (κ1) is 19.3. The second-order valence-electron chi connectivity index (χ2n) is 4.59. The number of hydrogen-bond donors (Lipinski definition) is 2. The van der Waals surface area contributed by atoms with Crippen LogP contribution in [0.25, 0.3) is 0 Å². The Morgan fingerprint density at radius 3 is 2.35 bits per heavy atom. The molecule has 0 bridgehead atoms. The molecule has 1 atom stereocenters. The predicted octanol–water partition coefficient (Wildman–Crippen LogP) is 0.123. The lowest BCUT2D eigenvalue weighted by molar-refractivity contribution is 0.0379. The molecule has 2 rings (SSSR count). The van der Waals surface area contributed by atoms with E-state index in [0.29, 0.717) is 0 Å². The number of nitrogens with zero attached hydrogens (tertiary/aromatic N) is 4. The third-order valence-electron chi connectivity index (χ3n) is 3.01. The first-order chi connectivity index (χ1) is 12.2. The van der Waals surface area contributed by atoms with Crippen molar-refractivity contribution in [3.63, 3.8) is 0 Å². The van der Waals surface area contributed by atoms with Gasteiger partial charge in [0, 0.05) is 6.20 Å². The Morgan fingerprint density at radius 1 is 1.31 bits per heavy atom. The molecule has 13 heteroatoms. The number of alkyl halides is 1. The Labute approximate surface area is 147 Å². The summed E-state index contributed by atoms with van der Waals surface area (Å²) in [6.07, 6.45) is -1.63. The molecule has 0 radical (unpaired) electrons. The summed E-state index contributed by atoms with van der Waals surface area (Å²) in [6.45, 7) is 0. The Hall–Kier alpha value is -3.06. The minimum Gasteiger partial charge on any atom is -0.481 e. The van der Waals surface area contributed by atoms with Crippen molar-refractivity contribution in [3.05, 3.63) is 30.0 Å². The molecule has 0 fully saturated rings. The standard InChI is InChI=1S/C13H14FN5O6S/c1-24-8-6-9(25-2)18-13(17-8)19(12(15)21)26(22,23)11-7(10(14)20)4-3-5-16-11/h3-6,10,20H,1-2H3,(H2,15,21). The van der Waals surface area contributed by atoms with Crippen LogP contribution in [0.3, 0.4) is 0 Å². The number of aliphatic hydroxyl groups excluding tert-OH is 1. The van der Waals surface area contributed by atoms with Crippen molar-refractivity contribution >= 4 is 22.0 Å². The molecule has 3 N–H and O–H groups in total. The number of anilines is 1. The van der Waals surface area contributed by atoms with Gasteiger partial charge in [0.05, 0.1) is 25.8 Å². The number of carbonyl (C=O) groups excluding carboxylic acids is 1. The highest BCUT2D eigenvalue weighted by atomic mass is 32.2. The van der Waals surface area contributed by atoms with Crippen LogP contribution in [0, 0.1) is 0 Å². The molecular weight excluding hydrogens is 373 g/mol. The Morgan fingerprint density at radius 2 is 1.88 bits per heavy atom. The highest BCUT2D eigenvalue weighted by Crippen LogP contribution is 2.28. The second kappa shape index (κ2) is 7.45. The predicted molar refractivity (Wildman–Crippen MR) is 84.7 cm³/mol. The lowest BCUT2D eigenvalue weighted by atomic mass is 10.3. The van der Waals surface area contributed by atoms with Crippen LogP contribution >= 0.6 is 0 Å². The van der Waals surface area contributed by atoms with E-state index in [-0.39, 0.29) is 16.1 Å². The first-order valence-electron chi connectivity index (χ1n) is 6.81. The van der Waals surface area contributed by atoms with Gasteiger partial charge >= 0.3 is 6.03 Å². The van der Waals surface area contributed by atoms with E-state index in [0.717, 1.165) is 12.3 Å². The molecule has 11 nitrogen and oxygen atoms in total. The van der Waals surface area contributed by atoms with Gasteiger partial charge in [-0.1, -0.05) is 0 Å². The van der Waals surface area contributed by atoms with Crippen molar-refractivity contribution in [2.24, 2.45) is 5.73 Å². The van der Waals surface area contributed by atoms with Crippen LogP contribution in [-0.4, -0.2) is 48.7 Å². The zero-order valence-corrected chi connectivity index (χ0v) is 14.3. The van der Waals surface area contributed by atoms with Crippen LogP contribution in [-0.2, 0) is 10.0 Å². The second-order valence-corrected chi connectivity index (χ2v) is 6.30. The maximum absolute atomic E-state index is 13.4. The third-order valence-corrected chi connectivity index (χ3v) is 4.66. The summed E-state index contributed by atoms with van der Waals surface area (Å²) in [4.78, 5) is 22.8. The summed E-state index contributed by atoms with van der Waals surface area (Å²) in [5.41, 5.74) is 4.48. The zero-order chi connectivity index (χ0) is 19.5. The van der Waals surface area contributed by atoms with Gasteiger partial charge in [0.2, 0.25) is 18.1 Å². The van der Waals surface area contributed by atoms with E-state index in [4.69, 9.17) is 20.3 Å². The van der Waals surface area contributed by atoms with Gasteiger partial charge in [-0.15, -0.1) is 4.31 Å². The topological polar surface area (TPSA) is 158 Å². The van der Waals surface area contributed by atoms with Crippen LogP contribution in [0.4, 0.5) is 15.1 Å². The SMILES string of the molecule is COc1cc(OC)nc(N(C(N)=O)S(=O)(=O)c2ncccc2C(O)F)n1. The van der Waals surface area contributed by atoms with Gasteiger partial charge in [0.1, 0.15) is 0 Å². The van der Waals surface area contributed by atoms with Crippen molar-refractivity contribution in [2.75, 3.05) is 18.5 Å². The smallest absolute Gasteiger partial charge is 0.336 e. The largest absolute Gasteiger partial charge is 0.481 e. The number of amides is 2. The fourth-order valence-corrected chi connectivity index (χ4v) is 3.27. The summed E-state index contributed by atoms with van der Waals surface area (Å²) in [7, 11) is -2.39. The highest BCUT2D eigenvalue weighted by Gasteiger charge is 2.36. The van der Waals surface area contributed by atoms with Gasteiger partial charge in [-0.3, -0.25) is 0 Å². The Kier molecular flexibility index (Phi) is 5.52. The third kappa shape index (κ3) is 3.62. The summed E-state index contributed by atoms with van der Waals surface area (Å²) in [6, 6.07) is 1.92. The molecule has 2 aromatic heterocycles. The van der Waals surface area contributed by atoms with Crippen LogP contribution in [0.5, 0.6) is 11.8 Å². The fourth-order valence-electron chi connectivity index (χ4n) is 1.90. The van der Waals surface area contributed by atoms with Crippen molar-refractivity contribution < 1.29 is 32.2 Å². The van der Waals surface area contributed by atoms with E-state index in [9.17, 15) is 17.6 Å². The Balaban J connectivity index is 2.70. The van der Waals surface area contributed by atoms with E-state index in [1.807, 2.05) is 0 Å². The summed E-state index contributed by atoms with van der Waals surface area (Å²) in [5, 5.41) is 8.21. The van der Waals surface area contributed by atoms with Crippen LogP contribution in [0.1, 0.15) is 11.9 Å². The summed E-state index contributed by atoms with van der Waals surface area (Å²) in [5.74, 6) is -0.959. The van der Waals surface area contributed by atoms with Crippen LogP contribution < -0.4 is 19.5 Å². The number of halogens is 1. The number of pyridine rings is 1. The number of methoxy groups -OCH3 is 2. The summed E-state index contributed by atoms with van der Waals surface area (Å²) >= 11 is 0. The number of carbonyl (C=O) groups is 1. The van der Waals surface area contributed by atoms with E-state index in [1.165, 1.54) is 26.4 Å². The normalized spacial score (nSPS) is 12.3. The molecule has 0 aromatic carbocycles. The van der Waals surface area contributed by atoms with Gasteiger partial charge in [0.25, 0.3) is 16.0 Å². The van der Waals surface area contributed by atoms with Crippen LogP contribution in [0.2, 0.25) is 0 Å². The molecule has 0 aliphatic rings.